The van der Waals surface area contributed by atoms with Crippen molar-refractivity contribution in [3.63, 3.8) is 0 Å². The van der Waals surface area contributed by atoms with Gasteiger partial charge < -0.3 is 5.73 Å². The van der Waals surface area contributed by atoms with Gasteiger partial charge in [-0.2, -0.15) is 0 Å². The van der Waals surface area contributed by atoms with E-state index in [1.165, 1.54) is 0 Å². The van der Waals surface area contributed by atoms with Gasteiger partial charge in [0, 0.05) is 18.4 Å². The van der Waals surface area contributed by atoms with Gasteiger partial charge in [-0.1, -0.05) is 0 Å². The van der Waals surface area contributed by atoms with Crippen LogP contribution in [0.1, 0.15) is 39.0 Å². The van der Waals surface area contributed by atoms with Crippen molar-refractivity contribution in [3.8, 4) is 0 Å². The summed E-state index contributed by atoms with van der Waals surface area (Å²) in [4.78, 5) is 25.1. The Morgan fingerprint density at radius 3 is 2.75 bits per heavy atom. The summed E-state index contributed by atoms with van der Waals surface area (Å²) in [5.41, 5.74) is 5.35. The molecule has 1 aliphatic carbocycles. The Balaban J connectivity index is 2.08. The fraction of sp³-hybridized carbons (Fsp3) is 0.833. The quantitative estimate of drug-likeness (QED) is 0.767. The fourth-order valence-corrected chi connectivity index (χ4v) is 3.14. The second kappa shape index (κ2) is 4.53. The molecule has 3 unspecified atom stereocenters. The van der Waals surface area contributed by atoms with Crippen LogP contribution >= 0.6 is 0 Å². The zero-order chi connectivity index (χ0) is 11.7. The van der Waals surface area contributed by atoms with Gasteiger partial charge in [-0.3, -0.25) is 14.5 Å². The van der Waals surface area contributed by atoms with Crippen LogP contribution < -0.4 is 5.73 Å². The van der Waals surface area contributed by atoms with Gasteiger partial charge in [0.15, 0.2) is 0 Å². The molecule has 3 atom stereocenters. The van der Waals surface area contributed by atoms with Crippen molar-refractivity contribution < 1.29 is 9.59 Å². The molecule has 2 N–H and O–H groups in total. The van der Waals surface area contributed by atoms with Crippen LogP contribution in [0.4, 0.5) is 0 Å². The molecule has 0 aromatic rings. The number of amides is 1. The maximum absolute atomic E-state index is 11.8. The summed E-state index contributed by atoms with van der Waals surface area (Å²) in [6.45, 7) is 2.75. The highest BCUT2D eigenvalue weighted by Gasteiger charge is 2.40. The molecule has 0 radical (unpaired) electrons. The van der Waals surface area contributed by atoms with Crippen molar-refractivity contribution >= 4 is 11.7 Å². The van der Waals surface area contributed by atoms with Gasteiger partial charge in [-0.05, 0) is 39.2 Å². The Labute approximate surface area is 96.2 Å². The predicted molar refractivity (Wildman–Crippen MR) is 60.7 cm³/mol. The number of nitrogens with two attached hydrogens (primary N) is 1. The monoisotopic (exact) mass is 224 g/mol. The fourth-order valence-electron chi connectivity index (χ4n) is 3.14. The molecular weight excluding hydrogens is 204 g/mol. The van der Waals surface area contributed by atoms with E-state index in [1.807, 2.05) is 6.92 Å². The number of nitrogens with zero attached hydrogens (tertiary/aromatic N) is 1. The largest absolute Gasteiger partial charge is 0.368 e. The van der Waals surface area contributed by atoms with Crippen LogP contribution in [0.15, 0.2) is 0 Å². The van der Waals surface area contributed by atoms with E-state index in [4.69, 9.17) is 5.73 Å². The SMILES string of the molecule is CC(C(N)=O)N1CCCC1C1CCCC1=O. The Bertz CT molecular complexity index is 303. The van der Waals surface area contributed by atoms with Gasteiger partial charge in [0.1, 0.15) is 5.78 Å². The highest BCUT2D eigenvalue weighted by Crippen LogP contribution is 2.34. The van der Waals surface area contributed by atoms with Crippen molar-refractivity contribution in [1.29, 1.82) is 0 Å². The summed E-state index contributed by atoms with van der Waals surface area (Å²) < 4.78 is 0. The van der Waals surface area contributed by atoms with Gasteiger partial charge in [-0.25, -0.2) is 0 Å². The van der Waals surface area contributed by atoms with E-state index in [9.17, 15) is 9.59 Å². The molecule has 90 valence electrons. The molecule has 1 saturated heterocycles. The number of hydrogen-bond acceptors (Lipinski definition) is 3. The second-order valence-corrected chi connectivity index (χ2v) is 4.99. The first kappa shape index (κ1) is 11.6. The minimum atomic E-state index is -0.280. The average molecular weight is 224 g/mol. The number of carbonyl (C=O) groups is 2. The number of rotatable bonds is 3. The Morgan fingerprint density at radius 1 is 1.44 bits per heavy atom. The molecule has 0 aromatic heterocycles. The van der Waals surface area contributed by atoms with Crippen molar-refractivity contribution in [2.24, 2.45) is 11.7 Å². The lowest BCUT2D eigenvalue weighted by molar-refractivity contribution is -0.127. The molecule has 0 aromatic carbocycles. The zero-order valence-electron chi connectivity index (χ0n) is 9.82. The molecule has 1 saturated carbocycles. The molecule has 2 fully saturated rings. The van der Waals surface area contributed by atoms with Crippen LogP contribution in [0, 0.1) is 5.92 Å². The van der Waals surface area contributed by atoms with Crippen LogP contribution in [0.2, 0.25) is 0 Å². The standard InChI is InChI=1S/C12H20N2O2/c1-8(12(13)16)14-7-3-5-10(14)9-4-2-6-11(9)15/h8-10H,2-7H2,1H3,(H2,13,16). The van der Waals surface area contributed by atoms with Crippen LogP contribution in [-0.2, 0) is 9.59 Å². The smallest absolute Gasteiger partial charge is 0.234 e. The maximum atomic E-state index is 11.8. The van der Waals surface area contributed by atoms with E-state index >= 15 is 0 Å². The highest BCUT2D eigenvalue weighted by molar-refractivity contribution is 5.84. The molecule has 1 amide bonds. The van der Waals surface area contributed by atoms with E-state index in [-0.39, 0.29) is 23.9 Å². The summed E-state index contributed by atoms with van der Waals surface area (Å²) in [5, 5.41) is 0. The van der Waals surface area contributed by atoms with E-state index in [0.29, 0.717) is 5.78 Å². The second-order valence-electron chi connectivity index (χ2n) is 4.99. The molecule has 0 bridgehead atoms. The van der Waals surface area contributed by atoms with Gasteiger partial charge in [0.2, 0.25) is 5.91 Å². The molecule has 0 spiro atoms. The van der Waals surface area contributed by atoms with E-state index in [0.717, 1.165) is 38.6 Å². The normalized spacial score (nSPS) is 33.2. The lowest BCUT2D eigenvalue weighted by Crippen LogP contribution is -2.48. The zero-order valence-corrected chi connectivity index (χ0v) is 9.82. The highest BCUT2D eigenvalue weighted by atomic mass is 16.1. The van der Waals surface area contributed by atoms with Crippen molar-refractivity contribution in [2.75, 3.05) is 6.54 Å². The van der Waals surface area contributed by atoms with Gasteiger partial charge in [-0.15, -0.1) is 0 Å². The van der Waals surface area contributed by atoms with E-state index < -0.39 is 0 Å². The molecule has 4 nitrogen and oxygen atoms in total. The summed E-state index contributed by atoms with van der Waals surface area (Å²) in [6, 6.07) is 0.0263. The van der Waals surface area contributed by atoms with Crippen LogP contribution in [0.25, 0.3) is 0 Å². The summed E-state index contributed by atoms with van der Waals surface area (Å²) >= 11 is 0. The lowest BCUT2D eigenvalue weighted by Gasteiger charge is -2.31. The first-order valence-corrected chi connectivity index (χ1v) is 6.19. The molecular formula is C12H20N2O2. The average Bonchev–Trinajstić information content (AvgIpc) is 2.84. The summed E-state index contributed by atoms with van der Waals surface area (Å²) in [5.74, 6) is 0.259. The third kappa shape index (κ3) is 1.98. The van der Waals surface area contributed by atoms with Crippen molar-refractivity contribution in [2.45, 2.75) is 51.1 Å². The first-order chi connectivity index (χ1) is 7.61. The first-order valence-electron chi connectivity index (χ1n) is 6.19. The topological polar surface area (TPSA) is 63.4 Å². The van der Waals surface area contributed by atoms with Gasteiger partial charge in [0.25, 0.3) is 0 Å². The summed E-state index contributed by atoms with van der Waals surface area (Å²) in [6.07, 6.45) is 4.84. The Kier molecular flexibility index (Phi) is 3.28. The number of likely N-dealkylation sites (tertiary alicyclic amines) is 1. The maximum Gasteiger partial charge on any atom is 0.234 e. The molecule has 2 aliphatic rings. The Hall–Kier alpha value is -0.900. The van der Waals surface area contributed by atoms with Gasteiger partial charge in [0.05, 0.1) is 6.04 Å². The minimum absolute atomic E-state index is 0.157. The third-order valence-electron chi connectivity index (χ3n) is 4.07. The Morgan fingerprint density at radius 2 is 2.19 bits per heavy atom. The summed E-state index contributed by atoms with van der Waals surface area (Å²) in [7, 11) is 0. The minimum Gasteiger partial charge on any atom is -0.368 e. The third-order valence-corrected chi connectivity index (χ3v) is 4.07. The van der Waals surface area contributed by atoms with Crippen molar-refractivity contribution in [3.05, 3.63) is 0 Å². The van der Waals surface area contributed by atoms with Crippen LogP contribution in [0.3, 0.4) is 0 Å². The van der Waals surface area contributed by atoms with Gasteiger partial charge >= 0.3 is 0 Å². The van der Waals surface area contributed by atoms with E-state index in [2.05, 4.69) is 4.90 Å². The lowest BCUT2D eigenvalue weighted by atomic mass is 9.94. The molecule has 1 aliphatic heterocycles. The predicted octanol–water partition coefficient (Wildman–Crippen LogP) is 0.694. The number of carbonyl (C=O) groups excluding carboxylic acids is 2. The molecule has 1 heterocycles. The van der Waals surface area contributed by atoms with Crippen LogP contribution in [-0.4, -0.2) is 35.2 Å². The molecule has 16 heavy (non-hydrogen) atoms. The molecule has 4 heteroatoms. The number of Topliss-reactive ketones (excluding diaryl/α,β-unsaturated/α-hetero) is 1. The number of ketones is 1. The van der Waals surface area contributed by atoms with Crippen molar-refractivity contribution in [1.82, 2.24) is 4.90 Å². The van der Waals surface area contributed by atoms with E-state index in [1.54, 1.807) is 0 Å². The number of hydrogen-bond donors (Lipinski definition) is 1. The number of primary amides is 1. The molecule has 2 rings (SSSR count). The van der Waals surface area contributed by atoms with Crippen LogP contribution in [0.5, 0.6) is 0 Å².